The molecule has 1 saturated carbocycles. The Labute approximate surface area is 186 Å². The van der Waals surface area contributed by atoms with Crippen LogP contribution in [0.2, 0.25) is 0 Å². The van der Waals surface area contributed by atoms with Crippen LogP contribution in [0.25, 0.3) is 0 Å². The molecule has 1 aliphatic carbocycles. The fourth-order valence-corrected chi connectivity index (χ4v) is 3.54. The first-order chi connectivity index (χ1) is 12.9. The number of aromatic nitrogens is 3. The van der Waals surface area contributed by atoms with Gasteiger partial charge in [0, 0.05) is 34.2 Å². The number of guanidine groups is 1. The summed E-state index contributed by atoms with van der Waals surface area (Å²) in [5.74, 6) is 2.64. The minimum Gasteiger partial charge on any atom is -0.356 e. The highest BCUT2D eigenvalue weighted by molar-refractivity contribution is 14.0. The molecule has 1 aliphatic rings. The van der Waals surface area contributed by atoms with Gasteiger partial charge in [0.05, 0.1) is 5.41 Å². The van der Waals surface area contributed by atoms with Crippen LogP contribution in [-0.4, -0.2) is 58.7 Å². The number of nitrogens with one attached hydrogen (secondary N) is 2. The molecule has 0 unspecified atom stereocenters. The maximum atomic E-state index is 12.8. The first-order valence-corrected chi connectivity index (χ1v) is 9.98. The van der Waals surface area contributed by atoms with E-state index in [2.05, 4.69) is 32.7 Å². The van der Waals surface area contributed by atoms with E-state index in [0.717, 1.165) is 62.7 Å². The van der Waals surface area contributed by atoms with Gasteiger partial charge >= 0.3 is 0 Å². The number of halogens is 1. The summed E-state index contributed by atoms with van der Waals surface area (Å²) in [5.41, 5.74) is -0.321. The molecule has 0 saturated heterocycles. The third-order valence-electron chi connectivity index (χ3n) is 5.40. The van der Waals surface area contributed by atoms with E-state index in [1.807, 2.05) is 32.6 Å². The van der Waals surface area contributed by atoms with Crippen molar-refractivity contribution >= 4 is 35.8 Å². The van der Waals surface area contributed by atoms with Crippen molar-refractivity contribution in [2.45, 2.75) is 58.9 Å². The standard InChI is InChI=1S/C19H35N7O.HI/c1-6-7-12-20-18(21-13-16-24-23-15(2)26(16)5)22-14-19(10-8-9-11-19)17(27)25(3)4;/h6-14H2,1-5H3,(H2,20,21,22);1H. The fourth-order valence-electron chi connectivity index (χ4n) is 3.54. The summed E-state index contributed by atoms with van der Waals surface area (Å²) < 4.78 is 1.95. The van der Waals surface area contributed by atoms with Gasteiger partial charge in [-0.2, -0.15) is 0 Å². The molecule has 28 heavy (non-hydrogen) atoms. The minimum atomic E-state index is -0.321. The van der Waals surface area contributed by atoms with Gasteiger partial charge in [-0.3, -0.25) is 4.79 Å². The Bertz CT molecular complexity index is 651. The number of carbonyl (C=O) groups is 1. The molecule has 1 amide bonds. The molecule has 2 rings (SSSR count). The van der Waals surface area contributed by atoms with Gasteiger partial charge in [-0.15, -0.1) is 34.2 Å². The van der Waals surface area contributed by atoms with Crippen LogP contribution < -0.4 is 10.6 Å². The number of hydrogen-bond donors (Lipinski definition) is 2. The van der Waals surface area contributed by atoms with Gasteiger partial charge in [0.25, 0.3) is 0 Å². The van der Waals surface area contributed by atoms with Crippen molar-refractivity contribution in [1.82, 2.24) is 30.3 Å². The Kier molecular flexibility index (Phi) is 10.2. The van der Waals surface area contributed by atoms with Crippen molar-refractivity contribution < 1.29 is 4.79 Å². The van der Waals surface area contributed by atoms with Crippen molar-refractivity contribution in [3.05, 3.63) is 11.6 Å². The van der Waals surface area contributed by atoms with E-state index >= 15 is 0 Å². The summed E-state index contributed by atoms with van der Waals surface area (Å²) in [6.45, 7) is 6.01. The molecule has 0 bridgehead atoms. The number of unbranched alkanes of at least 4 members (excludes halogenated alkanes) is 1. The van der Waals surface area contributed by atoms with E-state index in [4.69, 9.17) is 0 Å². The van der Waals surface area contributed by atoms with Gasteiger partial charge in [0.2, 0.25) is 5.91 Å². The minimum absolute atomic E-state index is 0. The normalized spacial score (nSPS) is 15.8. The molecule has 0 spiro atoms. The maximum Gasteiger partial charge on any atom is 0.230 e. The van der Waals surface area contributed by atoms with Crippen LogP contribution in [0.4, 0.5) is 0 Å². The highest BCUT2D eigenvalue weighted by atomic mass is 127. The van der Waals surface area contributed by atoms with Gasteiger partial charge in [-0.1, -0.05) is 26.2 Å². The lowest BCUT2D eigenvalue weighted by molar-refractivity contribution is -0.138. The molecule has 9 heteroatoms. The number of aliphatic imine (C=N–C) groups is 1. The molecule has 1 heterocycles. The Morgan fingerprint density at radius 2 is 1.93 bits per heavy atom. The monoisotopic (exact) mass is 505 g/mol. The van der Waals surface area contributed by atoms with Crippen LogP contribution in [0.3, 0.4) is 0 Å². The van der Waals surface area contributed by atoms with Crippen LogP contribution in [0.5, 0.6) is 0 Å². The molecule has 1 aromatic rings. The summed E-state index contributed by atoms with van der Waals surface area (Å²) in [6, 6.07) is 0. The highest BCUT2D eigenvalue weighted by Gasteiger charge is 2.42. The van der Waals surface area contributed by atoms with Gasteiger partial charge < -0.3 is 20.1 Å². The van der Waals surface area contributed by atoms with Crippen molar-refractivity contribution in [1.29, 1.82) is 0 Å². The highest BCUT2D eigenvalue weighted by Crippen LogP contribution is 2.38. The molecular weight excluding hydrogens is 469 g/mol. The smallest absolute Gasteiger partial charge is 0.230 e. The quantitative estimate of drug-likeness (QED) is 0.245. The lowest BCUT2D eigenvalue weighted by Gasteiger charge is -2.31. The fraction of sp³-hybridized carbons (Fsp3) is 0.789. The van der Waals surface area contributed by atoms with E-state index in [-0.39, 0.29) is 35.3 Å². The Balaban J connectivity index is 0.00000392. The first-order valence-electron chi connectivity index (χ1n) is 9.98. The number of aryl methyl sites for hydroxylation is 1. The van der Waals surface area contributed by atoms with Gasteiger partial charge in [-0.25, -0.2) is 4.99 Å². The van der Waals surface area contributed by atoms with E-state index in [9.17, 15) is 4.79 Å². The van der Waals surface area contributed by atoms with Crippen LogP contribution in [0.15, 0.2) is 4.99 Å². The molecule has 0 atom stereocenters. The Morgan fingerprint density at radius 1 is 1.25 bits per heavy atom. The van der Waals surface area contributed by atoms with Crippen LogP contribution >= 0.6 is 24.0 Å². The van der Waals surface area contributed by atoms with E-state index in [1.165, 1.54) is 0 Å². The largest absolute Gasteiger partial charge is 0.356 e. The molecular formula is C19H36IN7O. The van der Waals surface area contributed by atoms with Gasteiger partial charge in [-0.05, 0) is 26.2 Å². The zero-order valence-electron chi connectivity index (χ0n) is 17.9. The number of nitrogens with zero attached hydrogens (tertiary/aromatic N) is 5. The van der Waals surface area contributed by atoms with Crippen molar-refractivity contribution in [3.63, 3.8) is 0 Å². The predicted molar refractivity (Wildman–Crippen MR) is 123 cm³/mol. The number of amides is 1. The van der Waals surface area contributed by atoms with Crippen LogP contribution in [0.1, 0.15) is 57.1 Å². The van der Waals surface area contributed by atoms with Crippen LogP contribution in [-0.2, 0) is 18.4 Å². The van der Waals surface area contributed by atoms with E-state index in [0.29, 0.717) is 13.1 Å². The lowest BCUT2D eigenvalue weighted by atomic mass is 9.84. The van der Waals surface area contributed by atoms with E-state index < -0.39 is 0 Å². The van der Waals surface area contributed by atoms with Crippen molar-refractivity contribution in [3.8, 4) is 0 Å². The second-order valence-corrected chi connectivity index (χ2v) is 7.71. The average molecular weight is 505 g/mol. The Morgan fingerprint density at radius 3 is 2.46 bits per heavy atom. The lowest BCUT2D eigenvalue weighted by Crippen LogP contribution is -2.49. The van der Waals surface area contributed by atoms with Gasteiger partial charge in [0.15, 0.2) is 11.8 Å². The van der Waals surface area contributed by atoms with Gasteiger partial charge in [0.1, 0.15) is 12.4 Å². The van der Waals surface area contributed by atoms with Crippen molar-refractivity contribution in [2.24, 2.45) is 17.5 Å². The number of rotatable bonds is 8. The Hall–Kier alpha value is -1.39. The summed E-state index contributed by atoms with van der Waals surface area (Å²) in [7, 11) is 5.63. The zero-order valence-corrected chi connectivity index (χ0v) is 20.2. The molecule has 0 radical (unpaired) electrons. The summed E-state index contributed by atoms with van der Waals surface area (Å²) in [4.78, 5) is 19.2. The predicted octanol–water partition coefficient (Wildman–Crippen LogP) is 2.23. The SMILES string of the molecule is CCCCNC(=NCc1nnc(C)n1C)NCC1(C(=O)N(C)C)CCCC1.I. The van der Waals surface area contributed by atoms with Crippen LogP contribution in [0, 0.1) is 12.3 Å². The number of carbonyl (C=O) groups excluding carboxylic acids is 1. The molecule has 8 nitrogen and oxygen atoms in total. The summed E-state index contributed by atoms with van der Waals surface area (Å²) in [6.07, 6.45) is 6.27. The first kappa shape index (κ1) is 24.6. The molecule has 0 aromatic carbocycles. The molecule has 1 aromatic heterocycles. The second kappa shape index (κ2) is 11.6. The average Bonchev–Trinajstić information content (AvgIpc) is 3.25. The topological polar surface area (TPSA) is 87.4 Å². The zero-order chi connectivity index (χ0) is 19.9. The molecule has 160 valence electrons. The van der Waals surface area contributed by atoms with Crippen molar-refractivity contribution in [2.75, 3.05) is 27.2 Å². The summed E-state index contributed by atoms with van der Waals surface area (Å²) in [5, 5.41) is 15.1. The molecule has 0 aliphatic heterocycles. The second-order valence-electron chi connectivity index (χ2n) is 7.71. The van der Waals surface area contributed by atoms with E-state index in [1.54, 1.807) is 4.90 Å². The molecule has 1 fully saturated rings. The molecule has 2 N–H and O–H groups in total. The third-order valence-corrected chi connectivity index (χ3v) is 5.40. The maximum absolute atomic E-state index is 12.8. The number of hydrogen-bond acceptors (Lipinski definition) is 4. The third kappa shape index (κ3) is 6.31. The summed E-state index contributed by atoms with van der Waals surface area (Å²) >= 11 is 0.